The molecule has 31 heavy (non-hydrogen) atoms. The molecule has 2 amide bonds. The number of benzene rings is 1. The lowest BCUT2D eigenvalue weighted by molar-refractivity contribution is -0.127. The molecule has 0 bridgehead atoms. The van der Waals surface area contributed by atoms with Crippen LogP contribution in [0.25, 0.3) is 0 Å². The molecule has 1 aromatic rings. The highest BCUT2D eigenvalue weighted by molar-refractivity contribution is 6.03. The summed E-state index contributed by atoms with van der Waals surface area (Å²) in [7, 11) is 1.65. The second-order valence-corrected chi connectivity index (χ2v) is 7.74. The first-order chi connectivity index (χ1) is 14.7. The van der Waals surface area contributed by atoms with Crippen LogP contribution in [0.2, 0.25) is 0 Å². The Bertz CT molecular complexity index is 1010. The number of fused-ring (bicyclic) bond motifs is 1. The van der Waals surface area contributed by atoms with Gasteiger partial charge in [0.1, 0.15) is 17.3 Å². The van der Waals surface area contributed by atoms with Gasteiger partial charge in [-0.15, -0.1) is 0 Å². The Balaban J connectivity index is 1.98. The summed E-state index contributed by atoms with van der Waals surface area (Å²) in [5.41, 5.74) is 1.51. The number of nitrogens with zero attached hydrogens (tertiary/aromatic N) is 2. The lowest BCUT2D eigenvalue weighted by Gasteiger charge is -2.34. The molecule has 2 aliphatic heterocycles. The molecule has 2 N–H and O–H groups in total. The van der Waals surface area contributed by atoms with Gasteiger partial charge in [-0.2, -0.15) is 0 Å². The van der Waals surface area contributed by atoms with Crippen molar-refractivity contribution >= 4 is 11.8 Å². The van der Waals surface area contributed by atoms with Crippen LogP contribution in [0.15, 0.2) is 52.6 Å². The van der Waals surface area contributed by atoms with Gasteiger partial charge in [0.15, 0.2) is 5.76 Å². The van der Waals surface area contributed by atoms with Gasteiger partial charge in [0, 0.05) is 49.6 Å². The van der Waals surface area contributed by atoms with Gasteiger partial charge in [-0.3, -0.25) is 9.59 Å². The Morgan fingerprint density at radius 3 is 2.68 bits per heavy atom. The number of allylic oxidation sites excluding steroid dienone is 3. The number of hydrogen-bond donors (Lipinski definition) is 2. The van der Waals surface area contributed by atoms with Crippen LogP contribution in [-0.4, -0.2) is 46.9 Å². The van der Waals surface area contributed by atoms with Gasteiger partial charge in [-0.25, -0.2) is 8.78 Å². The van der Waals surface area contributed by atoms with Gasteiger partial charge < -0.3 is 20.2 Å². The topological polar surface area (TPSA) is 72.9 Å². The van der Waals surface area contributed by atoms with Gasteiger partial charge in [0.05, 0.1) is 5.57 Å². The first-order valence-corrected chi connectivity index (χ1v) is 10.3. The summed E-state index contributed by atoms with van der Waals surface area (Å²) in [6.45, 7) is 6.32. The van der Waals surface area contributed by atoms with E-state index in [-0.39, 0.29) is 46.5 Å². The van der Waals surface area contributed by atoms with Crippen molar-refractivity contribution in [2.75, 3.05) is 20.1 Å². The molecule has 0 aliphatic carbocycles. The van der Waals surface area contributed by atoms with Crippen molar-refractivity contribution in [2.45, 2.75) is 33.7 Å². The molecule has 1 atom stereocenters. The van der Waals surface area contributed by atoms with Crippen LogP contribution in [0.5, 0.6) is 0 Å². The van der Waals surface area contributed by atoms with Crippen LogP contribution in [0.3, 0.4) is 0 Å². The SMILES string of the molecule is C/C=C1/C(O)=C(C(=O)N(C)CC)N2CCC(C)C2=C1C(=O)NCc1ccc(F)cc1F. The fraction of sp³-hybridized carbons (Fsp3) is 0.391. The van der Waals surface area contributed by atoms with Crippen LogP contribution in [0.4, 0.5) is 8.78 Å². The van der Waals surface area contributed by atoms with E-state index >= 15 is 0 Å². The number of carbonyl (C=O) groups excluding carboxylic acids is 2. The number of likely N-dealkylation sites (N-methyl/N-ethyl adjacent to an activating group) is 1. The number of carbonyl (C=O) groups is 2. The van der Waals surface area contributed by atoms with Crippen LogP contribution in [0.1, 0.15) is 32.8 Å². The molecule has 1 fully saturated rings. The zero-order chi connectivity index (χ0) is 22.9. The molecule has 166 valence electrons. The van der Waals surface area contributed by atoms with Crippen molar-refractivity contribution < 1.29 is 23.5 Å². The molecule has 2 heterocycles. The Labute approximate surface area is 180 Å². The van der Waals surface area contributed by atoms with E-state index in [9.17, 15) is 23.5 Å². The van der Waals surface area contributed by atoms with Crippen molar-refractivity contribution in [1.29, 1.82) is 0 Å². The number of nitrogens with one attached hydrogen (secondary N) is 1. The summed E-state index contributed by atoms with van der Waals surface area (Å²) in [6, 6.07) is 3.17. The fourth-order valence-corrected chi connectivity index (χ4v) is 3.96. The number of aliphatic hydroxyl groups excluding tert-OH is 1. The minimum atomic E-state index is -0.748. The predicted octanol–water partition coefficient (Wildman–Crippen LogP) is 3.38. The third kappa shape index (κ3) is 4.06. The quantitative estimate of drug-likeness (QED) is 0.750. The molecule has 2 aliphatic rings. The molecule has 8 heteroatoms. The van der Waals surface area contributed by atoms with Gasteiger partial charge in [0.2, 0.25) is 0 Å². The Morgan fingerprint density at radius 2 is 2.06 bits per heavy atom. The molecule has 1 saturated heterocycles. The van der Waals surface area contributed by atoms with Crippen molar-refractivity contribution in [3.63, 3.8) is 0 Å². The monoisotopic (exact) mass is 431 g/mol. The molecule has 3 rings (SSSR count). The Morgan fingerprint density at radius 1 is 1.35 bits per heavy atom. The summed E-state index contributed by atoms with van der Waals surface area (Å²) >= 11 is 0. The van der Waals surface area contributed by atoms with E-state index in [0.29, 0.717) is 18.8 Å². The zero-order valence-electron chi connectivity index (χ0n) is 18.1. The number of halogens is 2. The summed E-state index contributed by atoms with van der Waals surface area (Å²) in [5, 5.41) is 13.6. The second-order valence-electron chi connectivity index (χ2n) is 7.74. The summed E-state index contributed by atoms with van der Waals surface area (Å²) in [4.78, 5) is 29.3. The number of amides is 2. The molecule has 0 aromatic heterocycles. The Kier molecular flexibility index (Phi) is 6.48. The third-order valence-electron chi connectivity index (χ3n) is 5.81. The minimum absolute atomic E-state index is 0.0129. The zero-order valence-corrected chi connectivity index (χ0v) is 18.1. The third-order valence-corrected chi connectivity index (χ3v) is 5.81. The van der Waals surface area contributed by atoms with E-state index in [2.05, 4.69) is 5.32 Å². The van der Waals surface area contributed by atoms with E-state index in [4.69, 9.17) is 0 Å². The number of hydrogen-bond acceptors (Lipinski definition) is 4. The molecular formula is C23H27F2N3O3. The maximum Gasteiger partial charge on any atom is 0.274 e. The fourth-order valence-electron chi connectivity index (χ4n) is 3.96. The maximum atomic E-state index is 14.0. The molecule has 6 nitrogen and oxygen atoms in total. The van der Waals surface area contributed by atoms with E-state index in [0.717, 1.165) is 18.6 Å². The average molecular weight is 431 g/mol. The normalized spacial score (nSPS) is 19.7. The van der Waals surface area contributed by atoms with Gasteiger partial charge in [-0.05, 0) is 32.3 Å². The van der Waals surface area contributed by atoms with Crippen LogP contribution in [0, 0.1) is 17.6 Å². The van der Waals surface area contributed by atoms with Crippen LogP contribution >= 0.6 is 0 Å². The van der Waals surface area contributed by atoms with Gasteiger partial charge >= 0.3 is 0 Å². The molecule has 1 unspecified atom stereocenters. The second kappa shape index (κ2) is 8.91. The predicted molar refractivity (Wildman–Crippen MR) is 112 cm³/mol. The average Bonchev–Trinajstić information content (AvgIpc) is 3.11. The van der Waals surface area contributed by atoms with E-state index in [1.54, 1.807) is 24.9 Å². The number of rotatable bonds is 5. The van der Waals surface area contributed by atoms with Crippen molar-refractivity contribution in [2.24, 2.45) is 5.92 Å². The molecular weight excluding hydrogens is 404 g/mol. The van der Waals surface area contributed by atoms with Gasteiger partial charge in [-0.1, -0.05) is 19.1 Å². The molecule has 0 spiro atoms. The summed E-state index contributed by atoms with van der Waals surface area (Å²) in [5.74, 6) is -2.52. The first-order valence-electron chi connectivity index (χ1n) is 10.3. The highest BCUT2D eigenvalue weighted by Gasteiger charge is 2.42. The molecule has 0 saturated carbocycles. The minimum Gasteiger partial charge on any atom is -0.505 e. The van der Waals surface area contributed by atoms with Crippen molar-refractivity contribution in [3.05, 3.63) is 69.8 Å². The largest absolute Gasteiger partial charge is 0.505 e. The summed E-state index contributed by atoms with van der Waals surface area (Å²) in [6.07, 6.45) is 2.31. The van der Waals surface area contributed by atoms with E-state index in [1.165, 1.54) is 11.0 Å². The lowest BCUT2D eigenvalue weighted by atomic mass is 9.91. The highest BCUT2D eigenvalue weighted by atomic mass is 19.1. The lowest BCUT2D eigenvalue weighted by Crippen LogP contribution is -2.40. The highest BCUT2D eigenvalue weighted by Crippen LogP contribution is 2.42. The van der Waals surface area contributed by atoms with Crippen LogP contribution in [-0.2, 0) is 16.1 Å². The molecule has 1 aromatic carbocycles. The van der Waals surface area contributed by atoms with Gasteiger partial charge in [0.25, 0.3) is 11.8 Å². The van der Waals surface area contributed by atoms with Crippen LogP contribution < -0.4 is 5.32 Å². The van der Waals surface area contributed by atoms with E-state index < -0.39 is 17.5 Å². The smallest absolute Gasteiger partial charge is 0.274 e. The summed E-state index contributed by atoms with van der Waals surface area (Å²) < 4.78 is 27.1. The number of aliphatic hydroxyl groups is 1. The van der Waals surface area contributed by atoms with E-state index in [1.807, 2.05) is 13.8 Å². The molecule has 0 radical (unpaired) electrons. The standard InChI is InChI=1S/C23H27F2N3O3/c1-5-16-18(22(30)26-12-14-7-8-15(24)11-17(14)25)19-13(3)9-10-28(19)20(21(16)29)23(31)27(4)6-2/h5,7-8,11,13,29H,6,9-10,12H2,1-4H3,(H,26,30)/b16-5+. The first kappa shape index (κ1) is 22.5. The van der Waals surface area contributed by atoms with Crippen molar-refractivity contribution in [3.8, 4) is 0 Å². The maximum absolute atomic E-state index is 14.0. The van der Waals surface area contributed by atoms with Crippen molar-refractivity contribution in [1.82, 2.24) is 15.1 Å². The Hall–Kier alpha value is -3.16.